The van der Waals surface area contributed by atoms with Crippen LogP contribution in [0.3, 0.4) is 0 Å². The highest BCUT2D eigenvalue weighted by Gasteiger charge is 2.32. The van der Waals surface area contributed by atoms with Gasteiger partial charge in [0.15, 0.2) is 0 Å². The van der Waals surface area contributed by atoms with Crippen LogP contribution in [0.5, 0.6) is 0 Å². The van der Waals surface area contributed by atoms with E-state index in [-0.39, 0.29) is 0 Å². The van der Waals surface area contributed by atoms with Gasteiger partial charge in [0.2, 0.25) is 0 Å². The number of aliphatic hydroxyl groups is 1. The Balaban J connectivity index is 1.45. The molecule has 1 aliphatic heterocycles. The van der Waals surface area contributed by atoms with E-state index in [0.29, 0.717) is 12.6 Å². The number of β-amino-alcohol motifs (C(OH)–C–C–N with tert-alkyl or cyclic N) is 1. The second-order valence-electron chi connectivity index (χ2n) is 6.95. The van der Waals surface area contributed by atoms with Gasteiger partial charge < -0.3 is 5.11 Å². The van der Waals surface area contributed by atoms with Gasteiger partial charge in [-0.3, -0.25) is 9.88 Å². The molecule has 122 valence electrons. The standard InChI is InChI=1S/C17H23N5O/c1-12-7-14(8-12)22-16-10-21(6-4-15(16)19-20-22)11-17(23)13-3-2-5-18-9-13/h2-3,5,9,12,14,17,23H,4,6-8,10-11H2,1H3. The van der Waals surface area contributed by atoms with Crippen LogP contribution < -0.4 is 0 Å². The Kier molecular flexibility index (Phi) is 3.87. The zero-order valence-electron chi connectivity index (χ0n) is 13.5. The summed E-state index contributed by atoms with van der Waals surface area (Å²) in [5, 5.41) is 19.2. The molecule has 6 nitrogen and oxygen atoms in total. The maximum Gasteiger partial charge on any atom is 0.0931 e. The average Bonchev–Trinajstić information content (AvgIpc) is 2.95. The quantitative estimate of drug-likeness (QED) is 0.931. The highest BCUT2D eigenvalue weighted by Crippen LogP contribution is 2.38. The summed E-state index contributed by atoms with van der Waals surface area (Å²) < 4.78 is 2.14. The molecule has 0 saturated heterocycles. The fourth-order valence-corrected chi connectivity index (χ4v) is 3.69. The minimum atomic E-state index is -0.502. The predicted molar refractivity (Wildman–Crippen MR) is 85.6 cm³/mol. The number of aromatic nitrogens is 4. The lowest BCUT2D eigenvalue weighted by molar-refractivity contribution is 0.101. The van der Waals surface area contributed by atoms with Gasteiger partial charge in [0.05, 0.1) is 23.5 Å². The average molecular weight is 313 g/mol. The normalized spacial score (nSPS) is 25.7. The van der Waals surface area contributed by atoms with Gasteiger partial charge in [-0.05, 0) is 24.8 Å². The van der Waals surface area contributed by atoms with Crippen LogP contribution in [0, 0.1) is 5.92 Å². The van der Waals surface area contributed by atoms with Crippen molar-refractivity contribution in [3.8, 4) is 0 Å². The van der Waals surface area contributed by atoms with Gasteiger partial charge in [-0.15, -0.1) is 5.10 Å². The molecule has 1 atom stereocenters. The van der Waals surface area contributed by atoms with Gasteiger partial charge in [-0.1, -0.05) is 18.2 Å². The summed E-state index contributed by atoms with van der Waals surface area (Å²) >= 11 is 0. The first-order valence-electron chi connectivity index (χ1n) is 8.44. The SMILES string of the molecule is CC1CC(n2nnc3c2CN(CC(O)c2cccnc2)CC3)C1. The molecule has 2 aromatic heterocycles. The van der Waals surface area contributed by atoms with Crippen molar-refractivity contribution >= 4 is 0 Å². The molecule has 1 aliphatic carbocycles. The third-order valence-electron chi connectivity index (χ3n) is 5.10. The maximum absolute atomic E-state index is 10.4. The van der Waals surface area contributed by atoms with Crippen LogP contribution in [0.25, 0.3) is 0 Å². The summed E-state index contributed by atoms with van der Waals surface area (Å²) in [6.07, 6.45) is 6.28. The van der Waals surface area contributed by atoms with Crippen LogP contribution in [-0.2, 0) is 13.0 Å². The van der Waals surface area contributed by atoms with Crippen molar-refractivity contribution in [1.29, 1.82) is 0 Å². The number of nitrogens with zero attached hydrogens (tertiary/aromatic N) is 5. The Morgan fingerprint density at radius 3 is 3.00 bits per heavy atom. The minimum Gasteiger partial charge on any atom is -0.387 e. The number of aliphatic hydroxyl groups excluding tert-OH is 1. The fraction of sp³-hybridized carbons (Fsp3) is 0.588. The van der Waals surface area contributed by atoms with Crippen LogP contribution in [0.1, 0.15) is 48.9 Å². The molecule has 0 aromatic carbocycles. The summed E-state index contributed by atoms with van der Waals surface area (Å²) in [7, 11) is 0. The molecular formula is C17H23N5O. The van der Waals surface area contributed by atoms with E-state index in [1.54, 1.807) is 12.4 Å². The van der Waals surface area contributed by atoms with E-state index < -0.39 is 6.10 Å². The zero-order chi connectivity index (χ0) is 15.8. The van der Waals surface area contributed by atoms with E-state index >= 15 is 0 Å². The van der Waals surface area contributed by atoms with E-state index in [1.807, 2.05) is 12.1 Å². The van der Waals surface area contributed by atoms with Crippen LogP contribution in [0.2, 0.25) is 0 Å². The number of pyridine rings is 1. The molecule has 1 fully saturated rings. The van der Waals surface area contributed by atoms with Crippen molar-refractivity contribution in [3.63, 3.8) is 0 Å². The predicted octanol–water partition coefficient (Wildman–Crippen LogP) is 1.74. The number of fused-ring (bicyclic) bond motifs is 1. The monoisotopic (exact) mass is 313 g/mol. The maximum atomic E-state index is 10.4. The van der Waals surface area contributed by atoms with Crippen molar-refractivity contribution in [1.82, 2.24) is 24.9 Å². The van der Waals surface area contributed by atoms with Crippen molar-refractivity contribution in [2.24, 2.45) is 5.92 Å². The molecule has 6 heteroatoms. The molecule has 1 unspecified atom stereocenters. The zero-order valence-corrected chi connectivity index (χ0v) is 13.5. The molecule has 1 saturated carbocycles. The summed E-state index contributed by atoms with van der Waals surface area (Å²) in [5.74, 6) is 0.798. The fourth-order valence-electron chi connectivity index (χ4n) is 3.69. The Labute approximate surface area is 136 Å². The topological polar surface area (TPSA) is 67.1 Å². The second-order valence-corrected chi connectivity index (χ2v) is 6.95. The Bertz CT molecular complexity index is 665. The molecule has 3 heterocycles. The van der Waals surface area contributed by atoms with E-state index in [0.717, 1.165) is 36.7 Å². The lowest BCUT2D eigenvalue weighted by atomic mass is 9.82. The van der Waals surface area contributed by atoms with E-state index in [1.165, 1.54) is 18.5 Å². The van der Waals surface area contributed by atoms with Gasteiger partial charge in [-0.2, -0.15) is 0 Å². The molecule has 0 bridgehead atoms. The molecule has 0 spiro atoms. The van der Waals surface area contributed by atoms with Gasteiger partial charge in [-0.25, -0.2) is 4.68 Å². The summed E-state index contributed by atoms with van der Waals surface area (Å²) in [6, 6.07) is 4.31. The first kappa shape index (κ1) is 14.8. The first-order chi connectivity index (χ1) is 11.2. The molecule has 1 N–H and O–H groups in total. The van der Waals surface area contributed by atoms with Crippen molar-refractivity contribution < 1.29 is 5.11 Å². The van der Waals surface area contributed by atoms with Crippen molar-refractivity contribution in [2.75, 3.05) is 13.1 Å². The summed E-state index contributed by atoms with van der Waals surface area (Å²) in [5.41, 5.74) is 3.25. The van der Waals surface area contributed by atoms with Crippen LogP contribution in [0.4, 0.5) is 0 Å². The largest absolute Gasteiger partial charge is 0.387 e. The number of hydrogen-bond donors (Lipinski definition) is 1. The molecule has 0 radical (unpaired) electrons. The molecule has 0 amide bonds. The van der Waals surface area contributed by atoms with Crippen molar-refractivity contribution in [2.45, 2.75) is 44.9 Å². The third-order valence-corrected chi connectivity index (χ3v) is 5.10. The van der Waals surface area contributed by atoms with Crippen LogP contribution in [-0.4, -0.2) is 43.1 Å². The highest BCUT2D eigenvalue weighted by molar-refractivity contribution is 5.16. The lowest BCUT2D eigenvalue weighted by Crippen LogP contribution is -2.36. The summed E-state index contributed by atoms with van der Waals surface area (Å²) in [6.45, 7) is 4.66. The number of hydrogen-bond acceptors (Lipinski definition) is 5. The van der Waals surface area contributed by atoms with Crippen LogP contribution in [0.15, 0.2) is 24.5 Å². The molecule has 2 aliphatic rings. The first-order valence-corrected chi connectivity index (χ1v) is 8.44. The smallest absolute Gasteiger partial charge is 0.0931 e. The molecular weight excluding hydrogens is 290 g/mol. The van der Waals surface area contributed by atoms with E-state index in [4.69, 9.17) is 0 Å². The van der Waals surface area contributed by atoms with Gasteiger partial charge in [0, 0.05) is 44.0 Å². The Hall–Kier alpha value is -1.79. The molecule has 23 heavy (non-hydrogen) atoms. The van der Waals surface area contributed by atoms with E-state index in [9.17, 15) is 5.11 Å². The minimum absolute atomic E-state index is 0.502. The highest BCUT2D eigenvalue weighted by atomic mass is 16.3. The lowest BCUT2D eigenvalue weighted by Gasteiger charge is -2.35. The second kappa shape index (κ2) is 6.02. The Morgan fingerprint density at radius 2 is 2.26 bits per heavy atom. The number of rotatable bonds is 4. The van der Waals surface area contributed by atoms with Gasteiger partial charge >= 0.3 is 0 Å². The van der Waals surface area contributed by atoms with Crippen molar-refractivity contribution in [3.05, 3.63) is 41.5 Å². The third kappa shape index (κ3) is 2.88. The molecule has 2 aromatic rings. The summed E-state index contributed by atoms with van der Waals surface area (Å²) in [4.78, 5) is 6.38. The van der Waals surface area contributed by atoms with Crippen LogP contribution >= 0.6 is 0 Å². The van der Waals surface area contributed by atoms with E-state index in [2.05, 4.69) is 31.8 Å². The van der Waals surface area contributed by atoms with Gasteiger partial charge in [0.25, 0.3) is 0 Å². The Morgan fingerprint density at radius 1 is 1.39 bits per heavy atom. The molecule has 4 rings (SSSR count). The van der Waals surface area contributed by atoms with Gasteiger partial charge in [0.1, 0.15) is 0 Å².